The number of nitriles is 1. The molecule has 4 heteroatoms. The van der Waals surface area contributed by atoms with Gasteiger partial charge in [0.15, 0.2) is 0 Å². The highest BCUT2D eigenvalue weighted by Gasteiger charge is 2.04. The Bertz CT molecular complexity index is 782. The van der Waals surface area contributed by atoms with Crippen molar-refractivity contribution in [3.05, 3.63) is 63.1 Å². The van der Waals surface area contributed by atoms with Crippen LogP contribution >= 0.6 is 27.5 Å². The summed E-state index contributed by atoms with van der Waals surface area (Å²) in [5, 5.41) is 9.98. The van der Waals surface area contributed by atoms with Crippen molar-refractivity contribution in [2.24, 2.45) is 0 Å². The van der Waals surface area contributed by atoms with Crippen LogP contribution in [0.25, 0.3) is 11.6 Å². The first-order valence-electron chi connectivity index (χ1n) is 6.37. The van der Waals surface area contributed by atoms with Crippen LogP contribution in [-0.2, 0) is 0 Å². The molecule has 0 aliphatic rings. The molecule has 2 nitrogen and oxygen atoms in total. The SMILES string of the molecule is C#CCOc1ccc(/C=C(/C#N)c2ccc(Cl)cc2)cc1Br. The first-order chi connectivity index (χ1) is 10.6. The van der Waals surface area contributed by atoms with Crippen LogP contribution in [0.1, 0.15) is 11.1 Å². The van der Waals surface area contributed by atoms with E-state index in [4.69, 9.17) is 22.8 Å². The zero-order valence-electron chi connectivity index (χ0n) is 11.5. The van der Waals surface area contributed by atoms with E-state index in [0.29, 0.717) is 16.3 Å². The molecule has 108 valence electrons. The maximum atomic E-state index is 9.34. The molecule has 0 bridgehead atoms. The number of nitrogens with zero attached hydrogens (tertiary/aromatic N) is 1. The van der Waals surface area contributed by atoms with Crippen molar-refractivity contribution in [1.29, 1.82) is 5.26 Å². The molecule has 2 rings (SSSR count). The Hall–Kier alpha value is -2.20. The van der Waals surface area contributed by atoms with E-state index in [-0.39, 0.29) is 6.61 Å². The third-order valence-electron chi connectivity index (χ3n) is 2.85. The fourth-order valence-electron chi connectivity index (χ4n) is 1.82. The Morgan fingerprint density at radius 2 is 2.00 bits per heavy atom. The number of allylic oxidation sites excluding steroid dienone is 1. The van der Waals surface area contributed by atoms with Crippen molar-refractivity contribution in [3.8, 4) is 24.2 Å². The molecule has 0 saturated carbocycles. The molecular formula is C18H11BrClNO. The van der Waals surface area contributed by atoms with Gasteiger partial charge in [0.2, 0.25) is 0 Å². The van der Waals surface area contributed by atoms with E-state index < -0.39 is 0 Å². The van der Waals surface area contributed by atoms with Crippen molar-refractivity contribution in [3.63, 3.8) is 0 Å². The molecule has 0 saturated heterocycles. The van der Waals surface area contributed by atoms with E-state index in [0.717, 1.165) is 15.6 Å². The molecule has 0 amide bonds. The van der Waals surface area contributed by atoms with Crippen molar-refractivity contribution >= 4 is 39.2 Å². The molecule has 0 aliphatic carbocycles. The average Bonchev–Trinajstić information content (AvgIpc) is 2.53. The maximum Gasteiger partial charge on any atom is 0.148 e. The van der Waals surface area contributed by atoms with E-state index in [9.17, 15) is 5.26 Å². The minimum atomic E-state index is 0.210. The second-order valence-corrected chi connectivity index (χ2v) is 5.65. The van der Waals surface area contributed by atoms with Crippen LogP contribution in [0.4, 0.5) is 0 Å². The van der Waals surface area contributed by atoms with Crippen LogP contribution in [0.2, 0.25) is 5.02 Å². The minimum Gasteiger partial charge on any atom is -0.480 e. The number of halogens is 2. The Kier molecular flexibility index (Phi) is 5.67. The highest BCUT2D eigenvalue weighted by molar-refractivity contribution is 9.10. The third kappa shape index (κ3) is 4.15. The van der Waals surface area contributed by atoms with Crippen LogP contribution in [0.15, 0.2) is 46.9 Å². The number of ether oxygens (including phenoxy) is 1. The van der Waals surface area contributed by atoms with Gasteiger partial charge in [0.05, 0.1) is 16.1 Å². The number of hydrogen-bond donors (Lipinski definition) is 0. The van der Waals surface area contributed by atoms with Crippen molar-refractivity contribution in [2.75, 3.05) is 6.61 Å². The summed E-state index contributed by atoms with van der Waals surface area (Å²) in [6.45, 7) is 0.210. The lowest BCUT2D eigenvalue weighted by molar-refractivity contribution is 0.368. The predicted octanol–water partition coefficient (Wildman–Crippen LogP) is 5.18. The van der Waals surface area contributed by atoms with Gasteiger partial charge in [0, 0.05) is 5.02 Å². The summed E-state index contributed by atoms with van der Waals surface area (Å²) in [6, 6.07) is 14.9. The zero-order chi connectivity index (χ0) is 15.9. The molecule has 0 heterocycles. The lowest BCUT2D eigenvalue weighted by Gasteiger charge is -2.06. The molecule has 0 unspecified atom stereocenters. The first-order valence-corrected chi connectivity index (χ1v) is 7.54. The standard InChI is InChI=1S/C18H11BrClNO/c1-2-9-22-18-8-3-13(11-17(18)19)10-15(12-21)14-4-6-16(20)7-5-14/h1,3-8,10-11H,9H2/b15-10-. The molecule has 0 atom stereocenters. The molecular weight excluding hydrogens is 362 g/mol. The summed E-state index contributed by atoms with van der Waals surface area (Å²) in [5.41, 5.74) is 2.25. The number of rotatable bonds is 4. The molecule has 2 aromatic carbocycles. The van der Waals surface area contributed by atoms with Crippen molar-refractivity contribution < 1.29 is 4.74 Å². The van der Waals surface area contributed by atoms with Gasteiger partial charge < -0.3 is 4.74 Å². The van der Waals surface area contributed by atoms with Crippen LogP contribution in [0, 0.1) is 23.7 Å². The molecule has 0 aromatic heterocycles. The highest BCUT2D eigenvalue weighted by Crippen LogP contribution is 2.28. The quantitative estimate of drug-likeness (QED) is 0.421. The van der Waals surface area contributed by atoms with Gasteiger partial charge in [-0.3, -0.25) is 0 Å². The molecule has 2 aromatic rings. The van der Waals surface area contributed by atoms with E-state index >= 15 is 0 Å². The first kappa shape index (κ1) is 16.2. The van der Waals surface area contributed by atoms with Crippen molar-refractivity contribution in [2.45, 2.75) is 0 Å². The van der Waals surface area contributed by atoms with Gasteiger partial charge in [0.1, 0.15) is 12.4 Å². The van der Waals surface area contributed by atoms with Gasteiger partial charge in [-0.1, -0.05) is 35.7 Å². The lowest BCUT2D eigenvalue weighted by atomic mass is 10.0. The summed E-state index contributed by atoms with van der Waals surface area (Å²) >= 11 is 9.29. The maximum absolute atomic E-state index is 9.34. The molecule has 0 spiro atoms. The Labute approximate surface area is 143 Å². The normalized spacial score (nSPS) is 10.6. The van der Waals surface area contributed by atoms with E-state index in [1.165, 1.54) is 0 Å². The highest BCUT2D eigenvalue weighted by atomic mass is 79.9. The monoisotopic (exact) mass is 371 g/mol. The van der Waals surface area contributed by atoms with Crippen LogP contribution in [-0.4, -0.2) is 6.61 Å². The van der Waals surface area contributed by atoms with E-state index in [1.807, 2.05) is 30.3 Å². The van der Waals surface area contributed by atoms with Gasteiger partial charge in [0.25, 0.3) is 0 Å². The predicted molar refractivity (Wildman–Crippen MR) is 93.4 cm³/mol. The average molecular weight is 373 g/mol. The number of hydrogen-bond acceptors (Lipinski definition) is 2. The summed E-state index contributed by atoms with van der Waals surface area (Å²) in [5.74, 6) is 3.08. The van der Waals surface area contributed by atoms with E-state index in [1.54, 1.807) is 18.2 Å². The topological polar surface area (TPSA) is 33.0 Å². The second-order valence-electron chi connectivity index (χ2n) is 4.36. The van der Waals surface area contributed by atoms with Gasteiger partial charge in [-0.2, -0.15) is 5.26 Å². The Morgan fingerprint density at radius 1 is 1.27 bits per heavy atom. The van der Waals surface area contributed by atoms with Crippen LogP contribution in [0.3, 0.4) is 0 Å². The fraction of sp³-hybridized carbons (Fsp3) is 0.0556. The summed E-state index contributed by atoms with van der Waals surface area (Å²) < 4.78 is 6.17. The number of terminal acetylenes is 1. The van der Waals surface area contributed by atoms with Gasteiger partial charge in [-0.05, 0) is 57.4 Å². The second kappa shape index (κ2) is 7.71. The summed E-state index contributed by atoms with van der Waals surface area (Å²) in [7, 11) is 0. The summed E-state index contributed by atoms with van der Waals surface area (Å²) in [6.07, 6.45) is 6.97. The van der Waals surface area contributed by atoms with Gasteiger partial charge in [-0.15, -0.1) is 6.42 Å². The molecule has 0 radical (unpaired) electrons. The van der Waals surface area contributed by atoms with Crippen LogP contribution in [0.5, 0.6) is 5.75 Å². The number of benzene rings is 2. The summed E-state index contributed by atoms with van der Waals surface area (Å²) in [4.78, 5) is 0. The fourth-order valence-corrected chi connectivity index (χ4v) is 2.46. The largest absolute Gasteiger partial charge is 0.480 e. The molecule has 0 aliphatic heterocycles. The minimum absolute atomic E-state index is 0.210. The smallest absolute Gasteiger partial charge is 0.148 e. The van der Waals surface area contributed by atoms with Crippen molar-refractivity contribution in [1.82, 2.24) is 0 Å². The van der Waals surface area contributed by atoms with Gasteiger partial charge >= 0.3 is 0 Å². The van der Waals surface area contributed by atoms with E-state index in [2.05, 4.69) is 27.9 Å². The Balaban J connectivity index is 2.31. The van der Waals surface area contributed by atoms with Gasteiger partial charge in [-0.25, -0.2) is 0 Å². The lowest BCUT2D eigenvalue weighted by Crippen LogP contribution is -1.94. The third-order valence-corrected chi connectivity index (χ3v) is 3.73. The molecule has 0 fully saturated rings. The molecule has 22 heavy (non-hydrogen) atoms. The zero-order valence-corrected chi connectivity index (χ0v) is 13.9. The Morgan fingerprint density at radius 3 is 2.59 bits per heavy atom. The molecule has 0 N–H and O–H groups in total. The van der Waals surface area contributed by atoms with Crippen LogP contribution < -0.4 is 4.74 Å².